The number of ether oxygens (including phenoxy) is 1. The molecular formula is C20H29N3O2. The molecule has 5 heteroatoms. The molecule has 1 saturated heterocycles. The van der Waals surface area contributed by atoms with Crippen LogP contribution in [-0.4, -0.2) is 36.2 Å². The Labute approximate surface area is 151 Å². The number of nitriles is 1. The van der Waals surface area contributed by atoms with Crippen molar-refractivity contribution in [3.05, 3.63) is 29.8 Å². The molecule has 0 aliphatic carbocycles. The zero-order valence-corrected chi connectivity index (χ0v) is 15.5. The first-order valence-corrected chi connectivity index (χ1v) is 9.18. The lowest BCUT2D eigenvalue weighted by Crippen LogP contribution is -2.47. The van der Waals surface area contributed by atoms with Crippen molar-refractivity contribution in [1.29, 1.82) is 5.26 Å². The largest absolute Gasteiger partial charge is 0.491 e. The van der Waals surface area contributed by atoms with E-state index >= 15 is 0 Å². The van der Waals surface area contributed by atoms with Gasteiger partial charge in [-0.2, -0.15) is 5.26 Å². The Bertz CT molecular complexity index is 584. The molecule has 1 aromatic rings. The number of carbonyl (C=O) groups is 1. The number of amides is 2. The maximum absolute atomic E-state index is 12.3. The number of hydrogen-bond acceptors (Lipinski definition) is 3. The van der Waals surface area contributed by atoms with Crippen molar-refractivity contribution in [1.82, 2.24) is 10.2 Å². The lowest BCUT2D eigenvalue weighted by atomic mass is 9.99. The minimum atomic E-state index is -0.00966. The predicted molar refractivity (Wildman–Crippen MR) is 98.4 cm³/mol. The van der Waals surface area contributed by atoms with Crippen LogP contribution in [0.1, 0.15) is 45.6 Å². The first-order valence-electron chi connectivity index (χ1n) is 9.18. The molecule has 2 amide bonds. The molecule has 0 bridgehead atoms. The van der Waals surface area contributed by atoms with Crippen molar-refractivity contribution in [3.63, 3.8) is 0 Å². The first kappa shape index (κ1) is 19.1. The van der Waals surface area contributed by atoms with E-state index < -0.39 is 0 Å². The number of nitrogens with zero attached hydrogens (tertiary/aromatic N) is 2. The smallest absolute Gasteiger partial charge is 0.317 e. The molecule has 1 aromatic carbocycles. The summed E-state index contributed by atoms with van der Waals surface area (Å²) in [5, 5.41) is 12.0. The lowest BCUT2D eigenvalue weighted by Gasteiger charge is -2.30. The van der Waals surface area contributed by atoms with E-state index in [0.29, 0.717) is 13.1 Å². The topological polar surface area (TPSA) is 65.4 Å². The number of benzene rings is 1. The van der Waals surface area contributed by atoms with Crippen LogP contribution in [0, 0.1) is 17.2 Å². The van der Waals surface area contributed by atoms with Gasteiger partial charge in [0.2, 0.25) is 0 Å². The van der Waals surface area contributed by atoms with Gasteiger partial charge in [-0.1, -0.05) is 12.1 Å². The van der Waals surface area contributed by atoms with Gasteiger partial charge < -0.3 is 15.0 Å². The fourth-order valence-corrected chi connectivity index (χ4v) is 2.98. The van der Waals surface area contributed by atoms with E-state index in [0.717, 1.165) is 31.4 Å². The summed E-state index contributed by atoms with van der Waals surface area (Å²) in [6, 6.07) is 10.6. The summed E-state index contributed by atoms with van der Waals surface area (Å²) in [6.07, 6.45) is 3.55. The number of nitrogens with one attached hydrogen (secondary N) is 1. The van der Waals surface area contributed by atoms with Crippen molar-refractivity contribution in [2.75, 3.05) is 13.1 Å². The van der Waals surface area contributed by atoms with Gasteiger partial charge in [0.05, 0.1) is 12.2 Å². The van der Waals surface area contributed by atoms with Crippen LogP contribution in [0.25, 0.3) is 0 Å². The van der Waals surface area contributed by atoms with Crippen molar-refractivity contribution in [2.24, 2.45) is 5.92 Å². The molecule has 1 fully saturated rings. The number of likely N-dealkylation sites (tertiary alicyclic amines) is 1. The van der Waals surface area contributed by atoms with Crippen LogP contribution in [0.3, 0.4) is 0 Å². The molecule has 1 atom stereocenters. The maximum atomic E-state index is 12.3. The quantitative estimate of drug-likeness (QED) is 0.855. The average molecular weight is 343 g/mol. The number of carbonyl (C=O) groups excluding carboxylic acids is 1. The minimum absolute atomic E-state index is 0.00966. The Kier molecular flexibility index (Phi) is 7.12. The minimum Gasteiger partial charge on any atom is -0.491 e. The van der Waals surface area contributed by atoms with Gasteiger partial charge in [-0.05, 0) is 64.2 Å². The third kappa shape index (κ3) is 6.30. The zero-order chi connectivity index (χ0) is 18.2. The fraction of sp³-hybridized carbons (Fsp3) is 0.600. The Morgan fingerprint density at radius 2 is 1.92 bits per heavy atom. The van der Waals surface area contributed by atoms with Crippen molar-refractivity contribution >= 4 is 6.03 Å². The Balaban J connectivity index is 1.72. The van der Waals surface area contributed by atoms with E-state index in [-0.39, 0.29) is 24.1 Å². The van der Waals surface area contributed by atoms with Crippen LogP contribution in [0.15, 0.2) is 24.3 Å². The van der Waals surface area contributed by atoms with Crippen LogP contribution >= 0.6 is 0 Å². The molecule has 0 unspecified atom stereocenters. The normalized spacial score (nSPS) is 16.4. The Morgan fingerprint density at radius 1 is 1.28 bits per heavy atom. The highest BCUT2D eigenvalue weighted by Gasteiger charge is 2.23. The summed E-state index contributed by atoms with van der Waals surface area (Å²) in [4.78, 5) is 14.1. The second-order valence-corrected chi connectivity index (χ2v) is 7.09. The second kappa shape index (κ2) is 9.31. The summed E-state index contributed by atoms with van der Waals surface area (Å²) >= 11 is 0. The van der Waals surface area contributed by atoms with E-state index in [1.807, 2.05) is 37.8 Å². The number of aryl methyl sites for hydroxylation is 1. The van der Waals surface area contributed by atoms with Crippen LogP contribution in [0.5, 0.6) is 5.75 Å². The SMILES string of the molecule is CC(C)Oc1ccc(CC[C@H](C)NC(=O)N2CCC(C#N)CC2)cc1. The van der Waals surface area contributed by atoms with Crippen molar-refractivity contribution in [2.45, 2.75) is 58.6 Å². The van der Waals surface area contributed by atoms with E-state index in [2.05, 4.69) is 23.5 Å². The molecule has 2 rings (SSSR count). The number of hydrogen-bond donors (Lipinski definition) is 1. The van der Waals surface area contributed by atoms with E-state index in [1.165, 1.54) is 5.56 Å². The summed E-state index contributed by atoms with van der Waals surface area (Å²) in [6.45, 7) is 7.42. The third-order valence-electron chi connectivity index (χ3n) is 4.50. The molecule has 1 aliphatic rings. The highest BCUT2D eigenvalue weighted by atomic mass is 16.5. The summed E-state index contributed by atoms with van der Waals surface area (Å²) < 4.78 is 5.65. The third-order valence-corrected chi connectivity index (χ3v) is 4.50. The molecule has 1 heterocycles. The van der Waals surface area contributed by atoms with E-state index in [1.54, 1.807) is 0 Å². The van der Waals surface area contributed by atoms with Gasteiger partial charge in [0.15, 0.2) is 0 Å². The van der Waals surface area contributed by atoms with Gasteiger partial charge in [0.25, 0.3) is 0 Å². The lowest BCUT2D eigenvalue weighted by molar-refractivity contribution is 0.175. The maximum Gasteiger partial charge on any atom is 0.317 e. The molecule has 5 nitrogen and oxygen atoms in total. The fourth-order valence-electron chi connectivity index (χ4n) is 2.98. The van der Waals surface area contributed by atoms with E-state index in [4.69, 9.17) is 10.00 Å². The molecule has 0 aromatic heterocycles. The second-order valence-electron chi connectivity index (χ2n) is 7.09. The molecular weight excluding hydrogens is 314 g/mol. The van der Waals surface area contributed by atoms with Gasteiger partial charge in [-0.25, -0.2) is 4.79 Å². The van der Waals surface area contributed by atoms with Gasteiger partial charge >= 0.3 is 6.03 Å². The van der Waals surface area contributed by atoms with Crippen LogP contribution in [-0.2, 0) is 6.42 Å². The summed E-state index contributed by atoms with van der Waals surface area (Å²) in [5.74, 6) is 0.991. The number of rotatable bonds is 6. The van der Waals surface area contributed by atoms with Gasteiger partial charge in [-0.3, -0.25) is 0 Å². The molecule has 1 N–H and O–H groups in total. The highest BCUT2D eigenvalue weighted by Crippen LogP contribution is 2.17. The number of piperidine rings is 1. The molecule has 0 saturated carbocycles. The summed E-state index contributed by atoms with van der Waals surface area (Å²) in [5.41, 5.74) is 1.24. The average Bonchev–Trinajstić information content (AvgIpc) is 2.60. The predicted octanol–water partition coefficient (Wildman–Crippen LogP) is 3.74. The van der Waals surface area contributed by atoms with Crippen LogP contribution < -0.4 is 10.1 Å². The standard InChI is InChI=1S/C20H29N3O2/c1-15(2)25-19-8-6-17(7-9-19)5-4-16(3)22-20(24)23-12-10-18(14-21)11-13-23/h6-9,15-16,18H,4-5,10-13H2,1-3H3,(H,22,24)/t16-/m0/s1. The number of urea groups is 1. The van der Waals surface area contributed by atoms with Crippen molar-refractivity contribution < 1.29 is 9.53 Å². The highest BCUT2D eigenvalue weighted by molar-refractivity contribution is 5.74. The zero-order valence-electron chi connectivity index (χ0n) is 15.5. The molecule has 1 aliphatic heterocycles. The Hall–Kier alpha value is -2.22. The van der Waals surface area contributed by atoms with Crippen LogP contribution in [0.2, 0.25) is 0 Å². The van der Waals surface area contributed by atoms with Gasteiger partial charge in [0.1, 0.15) is 5.75 Å². The van der Waals surface area contributed by atoms with Gasteiger partial charge in [0, 0.05) is 25.0 Å². The van der Waals surface area contributed by atoms with E-state index in [9.17, 15) is 4.79 Å². The molecule has 0 spiro atoms. The monoisotopic (exact) mass is 343 g/mol. The summed E-state index contributed by atoms with van der Waals surface area (Å²) in [7, 11) is 0. The van der Waals surface area contributed by atoms with Crippen LogP contribution in [0.4, 0.5) is 4.79 Å². The molecule has 0 radical (unpaired) electrons. The first-order chi connectivity index (χ1) is 12.0. The van der Waals surface area contributed by atoms with Gasteiger partial charge in [-0.15, -0.1) is 0 Å². The Morgan fingerprint density at radius 3 is 2.48 bits per heavy atom. The molecule has 136 valence electrons. The van der Waals surface area contributed by atoms with Crippen molar-refractivity contribution in [3.8, 4) is 11.8 Å². The molecule has 25 heavy (non-hydrogen) atoms.